The molecule has 1 aromatic rings. The van der Waals surface area contributed by atoms with Crippen LogP contribution in [-0.4, -0.2) is 41.2 Å². The summed E-state index contributed by atoms with van der Waals surface area (Å²) in [5, 5.41) is 0. The van der Waals surface area contributed by atoms with E-state index in [0.29, 0.717) is 19.5 Å². The molecule has 1 heterocycles. The molecule has 0 aromatic heterocycles. The van der Waals surface area contributed by atoms with Crippen LogP contribution in [0.1, 0.15) is 38.7 Å². The third kappa shape index (κ3) is 4.34. The van der Waals surface area contributed by atoms with Crippen molar-refractivity contribution in [2.24, 2.45) is 5.92 Å². The van der Waals surface area contributed by atoms with Gasteiger partial charge in [0.05, 0.1) is 5.92 Å². The molecule has 1 aliphatic heterocycles. The lowest BCUT2D eigenvalue weighted by molar-refractivity contribution is -0.135. The van der Waals surface area contributed by atoms with Gasteiger partial charge in [-0.15, -0.1) is 0 Å². The van der Waals surface area contributed by atoms with Crippen LogP contribution in [0, 0.1) is 5.92 Å². The molecule has 1 aliphatic rings. The molecule has 1 unspecified atom stereocenters. The Balaban J connectivity index is 1.97. The van der Waals surface area contributed by atoms with Gasteiger partial charge in [0.25, 0.3) is 0 Å². The summed E-state index contributed by atoms with van der Waals surface area (Å²) in [5.41, 5.74) is 1.09. The first-order valence-electron chi connectivity index (χ1n) is 8.25. The Hall–Kier alpha value is -1.36. The van der Waals surface area contributed by atoms with Gasteiger partial charge in [0, 0.05) is 37.1 Å². The molecule has 0 aliphatic carbocycles. The van der Waals surface area contributed by atoms with Gasteiger partial charge in [-0.2, -0.15) is 0 Å². The van der Waals surface area contributed by atoms with Crippen LogP contribution in [0.2, 0.25) is 0 Å². The first-order chi connectivity index (χ1) is 11.0. The minimum Gasteiger partial charge on any atom is -0.341 e. The lowest BCUT2D eigenvalue weighted by Crippen LogP contribution is -2.38. The van der Waals surface area contributed by atoms with Gasteiger partial charge in [-0.25, -0.2) is 0 Å². The molecule has 0 saturated carbocycles. The van der Waals surface area contributed by atoms with Crippen molar-refractivity contribution in [3.63, 3.8) is 0 Å². The maximum Gasteiger partial charge on any atom is 0.228 e. The van der Waals surface area contributed by atoms with E-state index in [9.17, 15) is 9.59 Å². The summed E-state index contributed by atoms with van der Waals surface area (Å²) in [6.45, 7) is 5.32. The summed E-state index contributed by atoms with van der Waals surface area (Å²) in [6, 6.07) is 8.22. The average molecular weight is 381 g/mol. The second-order valence-corrected chi connectivity index (χ2v) is 7.15. The highest BCUT2D eigenvalue weighted by Gasteiger charge is 2.37. The third-order valence-corrected chi connectivity index (χ3v) is 5.13. The SMILES string of the molecule is CCC(CC)N1CC(C(=O)N(C)Cc2ccc(Br)cc2)CC1=O. The van der Waals surface area contributed by atoms with Crippen LogP contribution >= 0.6 is 15.9 Å². The Kier molecular flexibility index (Phi) is 6.22. The number of hydrogen-bond acceptors (Lipinski definition) is 2. The zero-order valence-corrected chi connectivity index (χ0v) is 15.7. The highest BCUT2D eigenvalue weighted by atomic mass is 79.9. The number of amides is 2. The summed E-state index contributed by atoms with van der Waals surface area (Å²) >= 11 is 3.41. The fourth-order valence-electron chi connectivity index (χ4n) is 3.23. The van der Waals surface area contributed by atoms with Gasteiger partial charge < -0.3 is 9.80 Å². The molecule has 0 radical (unpaired) electrons. The number of carbonyl (C=O) groups is 2. The summed E-state index contributed by atoms with van der Waals surface area (Å²) in [6.07, 6.45) is 2.23. The monoisotopic (exact) mass is 380 g/mol. The predicted molar refractivity (Wildman–Crippen MR) is 94.8 cm³/mol. The fourth-order valence-corrected chi connectivity index (χ4v) is 3.50. The molecular formula is C18H25BrN2O2. The van der Waals surface area contributed by atoms with Crippen molar-refractivity contribution in [2.45, 2.75) is 45.7 Å². The van der Waals surface area contributed by atoms with Crippen LogP contribution in [0.3, 0.4) is 0 Å². The van der Waals surface area contributed by atoms with E-state index in [-0.39, 0.29) is 23.8 Å². The lowest BCUT2D eigenvalue weighted by Gasteiger charge is -2.26. The summed E-state index contributed by atoms with van der Waals surface area (Å²) in [7, 11) is 1.81. The van der Waals surface area contributed by atoms with Crippen molar-refractivity contribution in [3.05, 3.63) is 34.3 Å². The molecule has 4 nitrogen and oxygen atoms in total. The van der Waals surface area contributed by atoms with Crippen LogP contribution in [0.25, 0.3) is 0 Å². The van der Waals surface area contributed by atoms with Crippen molar-refractivity contribution < 1.29 is 9.59 Å². The molecule has 1 atom stereocenters. The molecule has 126 valence electrons. The van der Waals surface area contributed by atoms with E-state index in [2.05, 4.69) is 29.8 Å². The van der Waals surface area contributed by atoms with Crippen molar-refractivity contribution in [1.29, 1.82) is 0 Å². The van der Waals surface area contributed by atoms with Gasteiger partial charge in [-0.05, 0) is 30.5 Å². The predicted octanol–water partition coefficient (Wildman–Crippen LogP) is 3.44. The van der Waals surface area contributed by atoms with E-state index in [1.807, 2.05) is 36.2 Å². The zero-order chi connectivity index (χ0) is 17.0. The van der Waals surface area contributed by atoms with Crippen molar-refractivity contribution in [2.75, 3.05) is 13.6 Å². The van der Waals surface area contributed by atoms with Crippen LogP contribution in [0.5, 0.6) is 0 Å². The first-order valence-corrected chi connectivity index (χ1v) is 9.04. The van der Waals surface area contributed by atoms with Gasteiger partial charge in [0.2, 0.25) is 11.8 Å². The number of halogens is 1. The Morgan fingerprint density at radius 1 is 1.30 bits per heavy atom. The Morgan fingerprint density at radius 2 is 1.91 bits per heavy atom. The van der Waals surface area contributed by atoms with E-state index < -0.39 is 0 Å². The van der Waals surface area contributed by atoms with E-state index in [1.54, 1.807) is 4.90 Å². The van der Waals surface area contributed by atoms with E-state index >= 15 is 0 Å². The second-order valence-electron chi connectivity index (χ2n) is 6.24. The summed E-state index contributed by atoms with van der Waals surface area (Å²) in [4.78, 5) is 28.5. The maximum atomic E-state index is 12.6. The molecule has 1 aromatic carbocycles. The highest BCUT2D eigenvalue weighted by Crippen LogP contribution is 2.25. The summed E-state index contributed by atoms with van der Waals surface area (Å²) < 4.78 is 1.03. The Bertz CT molecular complexity index is 555. The van der Waals surface area contributed by atoms with Gasteiger partial charge in [0.15, 0.2) is 0 Å². The van der Waals surface area contributed by atoms with Crippen molar-refractivity contribution in [3.8, 4) is 0 Å². The molecule has 0 N–H and O–H groups in total. The maximum absolute atomic E-state index is 12.6. The van der Waals surface area contributed by atoms with Gasteiger partial charge >= 0.3 is 0 Å². The minimum atomic E-state index is -0.205. The summed E-state index contributed by atoms with van der Waals surface area (Å²) in [5.74, 6) is -0.0210. The van der Waals surface area contributed by atoms with Crippen molar-refractivity contribution in [1.82, 2.24) is 9.80 Å². The molecule has 2 rings (SSSR count). The largest absolute Gasteiger partial charge is 0.341 e. The van der Waals surface area contributed by atoms with Crippen LogP contribution in [-0.2, 0) is 16.1 Å². The minimum absolute atomic E-state index is 0.0646. The molecule has 0 bridgehead atoms. The number of rotatable bonds is 6. The zero-order valence-electron chi connectivity index (χ0n) is 14.1. The molecule has 5 heteroatoms. The van der Waals surface area contributed by atoms with Crippen LogP contribution in [0.4, 0.5) is 0 Å². The quantitative estimate of drug-likeness (QED) is 0.758. The molecule has 1 fully saturated rings. The van der Waals surface area contributed by atoms with Crippen molar-refractivity contribution >= 4 is 27.7 Å². The van der Waals surface area contributed by atoms with Crippen LogP contribution in [0.15, 0.2) is 28.7 Å². The molecule has 0 spiro atoms. The third-order valence-electron chi connectivity index (χ3n) is 4.60. The molecular weight excluding hydrogens is 356 g/mol. The molecule has 23 heavy (non-hydrogen) atoms. The number of carbonyl (C=O) groups excluding carboxylic acids is 2. The average Bonchev–Trinajstić information content (AvgIpc) is 2.92. The van der Waals surface area contributed by atoms with E-state index in [1.165, 1.54) is 0 Å². The molecule has 1 saturated heterocycles. The normalized spacial score (nSPS) is 17.9. The van der Waals surface area contributed by atoms with Gasteiger partial charge in [-0.3, -0.25) is 9.59 Å². The topological polar surface area (TPSA) is 40.6 Å². The highest BCUT2D eigenvalue weighted by molar-refractivity contribution is 9.10. The first kappa shape index (κ1) is 18.0. The van der Waals surface area contributed by atoms with E-state index in [0.717, 1.165) is 22.9 Å². The number of benzene rings is 1. The number of likely N-dealkylation sites (tertiary alicyclic amines) is 1. The number of nitrogens with zero attached hydrogens (tertiary/aromatic N) is 2. The van der Waals surface area contributed by atoms with Gasteiger partial charge in [-0.1, -0.05) is 41.9 Å². The van der Waals surface area contributed by atoms with E-state index in [4.69, 9.17) is 0 Å². The standard InChI is InChI=1S/C18H25BrN2O2/c1-4-16(5-2)21-12-14(10-17(21)22)18(23)20(3)11-13-6-8-15(19)9-7-13/h6-9,14,16H,4-5,10-12H2,1-3H3. The molecule has 2 amide bonds. The Morgan fingerprint density at radius 3 is 2.48 bits per heavy atom. The Labute approximate surface area is 147 Å². The smallest absolute Gasteiger partial charge is 0.228 e. The fraction of sp³-hybridized carbons (Fsp3) is 0.556. The van der Waals surface area contributed by atoms with Crippen LogP contribution < -0.4 is 0 Å². The number of hydrogen-bond donors (Lipinski definition) is 0. The lowest BCUT2D eigenvalue weighted by atomic mass is 10.1. The second kappa shape index (κ2) is 7.95. The van der Waals surface area contributed by atoms with Gasteiger partial charge in [0.1, 0.15) is 0 Å².